The number of anilines is 1. The van der Waals surface area contributed by atoms with Crippen LogP contribution in [0.3, 0.4) is 0 Å². The van der Waals surface area contributed by atoms with E-state index in [-0.39, 0.29) is 17.8 Å². The molecule has 0 aromatic heterocycles. The maximum absolute atomic E-state index is 13.5. The highest BCUT2D eigenvalue weighted by atomic mass is 35.5. The molecule has 0 saturated heterocycles. The molecule has 0 radical (unpaired) electrons. The van der Waals surface area contributed by atoms with Crippen LogP contribution in [0.4, 0.5) is 5.69 Å². The molecule has 0 saturated carbocycles. The van der Waals surface area contributed by atoms with E-state index in [2.05, 4.69) is 0 Å². The Labute approximate surface area is 179 Å². The Hall–Kier alpha value is -3.43. The Morgan fingerprint density at radius 2 is 1.80 bits per heavy atom. The van der Waals surface area contributed by atoms with Crippen LogP contribution in [0, 0.1) is 17.2 Å². The maximum atomic E-state index is 13.5. The summed E-state index contributed by atoms with van der Waals surface area (Å²) in [6.07, 6.45) is 0.562. The highest BCUT2D eigenvalue weighted by Gasteiger charge is 2.47. The van der Waals surface area contributed by atoms with Gasteiger partial charge in [-0.2, -0.15) is 5.26 Å². The third kappa shape index (κ3) is 3.72. The second kappa shape index (κ2) is 8.93. The Bertz CT molecular complexity index is 1080. The summed E-state index contributed by atoms with van der Waals surface area (Å²) in [7, 11) is 0. The van der Waals surface area contributed by atoms with Gasteiger partial charge in [-0.3, -0.25) is 14.4 Å². The van der Waals surface area contributed by atoms with Crippen molar-refractivity contribution in [3.05, 3.63) is 70.3 Å². The standard InChI is InChI=1S/C23H19ClN2O4/c1-3-14-7-5-6-8-18(14)26-21(27)17(13-25)19(15-9-11-16(24)12-10-15)20(22(26)28)23(29)30-4-2/h5-12,20H,3-4H2,1-2H3. The predicted molar refractivity (Wildman–Crippen MR) is 112 cm³/mol. The molecule has 0 spiro atoms. The van der Waals surface area contributed by atoms with Crippen LogP contribution in [0.25, 0.3) is 5.57 Å². The number of hydrogen-bond donors (Lipinski definition) is 0. The second-order valence-electron chi connectivity index (χ2n) is 6.55. The quantitative estimate of drug-likeness (QED) is 0.414. The molecule has 2 aromatic rings. The zero-order chi connectivity index (χ0) is 21.8. The lowest BCUT2D eigenvalue weighted by atomic mass is 9.83. The van der Waals surface area contributed by atoms with Crippen molar-refractivity contribution in [1.82, 2.24) is 0 Å². The van der Waals surface area contributed by atoms with E-state index in [1.807, 2.05) is 13.0 Å². The zero-order valence-corrected chi connectivity index (χ0v) is 17.3. The van der Waals surface area contributed by atoms with Crippen LogP contribution in [0.1, 0.15) is 25.0 Å². The van der Waals surface area contributed by atoms with Crippen LogP contribution in [-0.4, -0.2) is 24.4 Å². The molecule has 2 amide bonds. The van der Waals surface area contributed by atoms with Crippen LogP contribution in [-0.2, 0) is 25.5 Å². The van der Waals surface area contributed by atoms with Crippen LogP contribution in [0.5, 0.6) is 0 Å². The van der Waals surface area contributed by atoms with Crippen LogP contribution < -0.4 is 4.90 Å². The van der Waals surface area contributed by atoms with E-state index in [1.165, 1.54) is 0 Å². The zero-order valence-electron chi connectivity index (χ0n) is 16.5. The monoisotopic (exact) mass is 422 g/mol. The molecule has 1 aliphatic rings. The largest absolute Gasteiger partial charge is 0.465 e. The fourth-order valence-corrected chi connectivity index (χ4v) is 3.60. The van der Waals surface area contributed by atoms with Crippen molar-refractivity contribution < 1.29 is 19.1 Å². The lowest BCUT2D eigenvalue weighted by Crippen LogP contribution is -2.49. The van der Waals surface area contributed by atoms with Crippen molar-refractivity contribution in [3.63, 3.8) is 0 Å². The van der Waals surface area contributed by atoms with Gasteiger partial charge in [-0.05, 0) is 42.7 Å². The van der Waals surface area contributed by atoms with Crippen molar-refractivity contribution in [2.45, 2.75) is 20.3 Å². The summed E-state index contributed by atoms with van der Waals surface area (Å²) in [5.41, 5.74) is 1.24. The first kappa shape index (κ1) is 21.3. The average molecular weight is 423 g/mol. The third-order valence-corrected chi connectivity index (χ3v) is 5.10. The SMILES string of the molecule is CCOC(=O)C1C(=O)N(c2ccccc2CC)C(=O)C(C#N)=C1c1ccc(Cl)cc1. The fourth-order valence-electron chi connectivity index (χ4n) is 3.47. The number of para-hydroxylation sites is 1. The lowest BCUT2D eigenvalue weighted by molar-refractivity contribution is -0.149. The molecule has 7 heteroatoms. The van der Waals surface area contributed by atoms with E-state index < -0.39 is 23.7 Å². The highest BCUT2D eigenvalue weighted by molar-refractivity contribution is 6.35. The molecule has 6 nitrogen and oxygen atoms in total. The summed E-state index contributed by atoms with van der Waals surface area (Å²) in [5, 5.41) is 10.3. The molecule has 0 bridgehead atoms. The van der Waals surface area contributed by atoms with E-state index in [0.29, 0.717) is 22.7 Å². The molecule has 2 aromatic carbocycles. The molecule has 0 fully saturated rings. The minimum Gasteiger partial charge on any atom is -0.465 e. The van der Waals surface area contributed by atoms with Crippen molar-refractivity contribution in [3.8, 4) is 6.07 Å². The number of aryl methyl sites for hydroxylation is 1. The van der Waals surface area contributed by atoms with Gasteiger partial charge in [-0.15, -0.1) is 0 Å². The van der Waals surface area contributed by atoms with E-state index in [9.17, 15) is 19.6 Å². The number of amides is 2. The van der Waals surface area contributed by atoms with Crippen LogP contribution in [0.2, 0.25) is 5.02 Å². The number of hydrogen-bond acceptors (Lipinski definition) is 5. The van der Waals surface area contributed by atoms with Gasteiger partial charge in [0.1, 0.15) is 11.6 Å². The summed E-state index contributed by atoms with van der Waals surface area (Å²) >= 11 is 5.95. The molecular formula is C23H19ClN2O4. The topological polar surface area (TPSA) is 87.5 Å². The van der Waals surface area contributed by atoms with Gasteiger partial charge in [0.2, 0.25) is 0 Å². The van der Waals surface area contributed by atoms with Gasteiger partial charge in [0, 0.05) is 10.6 Å². The van der Waals surface area contributed by atoms with E-state index in [4.69, 9.17) is 16.3 Å². The van der Waals surface area contributed by atoms with Gasteiger partial charge >= 0.3 is 5.97 Å². The maximum Gasteiger partial charge on any atom is 0.323 e. The average Bonchev–Trinajstić information content (AvgIpc) is 2.74. The van der Waals surface area contributed by atoms with Crippen molar-refractivity contribution in [1.29, 1.82) is 5.26 Å². The van der Waals surface area contributed by atoms with E-state index >= 15 is 0 Å². The summed E-state index contributed by atoms with van der Waals surface area (Å²) in [6.45, 7) is 3.57. The Morgan fingerprint density at radius 1 is 1.13 bits per heavy atom. The number of esters is 1. The minimum absolute atomic E-state index is 0.0350. The van der Waals surface area contributed by atoms with Crippen molar-refractivity contribution in [2.75, 3.05) is 11.5 Å². The molecule has 0 N–H and O–H groups in total. The number of ether oxygens (including phenoxy) is 1. The molecule has 30 heavy (non-hydrogen) atoms. The van der Waals surface area contributed by atoms with Gasteiger partial charge in [0.15, 0.2) is 5.92 Å². The van der Waals surface area contributed by atoms with Gasteiger partial charge in [-0.25, -0.2) is 4.90 Å². The smallest absolute Gasteiger partial charge is 0.323 e. The summed E-state index contributed by atoms with van der Waals surface area (Å²) in [4.78, 5) is 40.4. The molecule has 1 heterocycles. The molecule has 1 unspecified atom stereocenters. The molecule has 1 atom stereocenters. The molecule has 3 rings (SSSR count). The number of rotatable bonds is 5. The van der Waals surface area contributed by atoms with E-state index in [0.717, 1.165) is 10.5 Å². The van der Waals surface area contributed by atoms with Gasteiger partial charge in [0.25, 0.3) is 11.8 Å². The summed E-state index contributed by atoms with van der Waals surface area (Å²) < 4.78 is 5.13. The van der Waals surface area contributed by atoms with Crippen molar-refractivity contribution in [2.24, 2.45) is 5.92 Å². The number of benzene rings is 2. The fraction of sp³-hybridized carbons (Fsp3) is 0.217. The van der Waals surface area contributed by atoms with Gasteiger partial charge < -0.3 is 4.74 Å². The van der Waals surface area contributed by atoms with Crippen LogP contribution in [0.15, 0.2) is 54.1 Å². The minimum atomic E-state index is -1.44. The lowest BCUT2D eigenvalue weighted by Gasteiger charge is -2.32. The Morgan fingerprint density at radius 3 is 2.40 bits per heavy atom. The number of halogens is 1. The second-order valence-corrected chi connectivity index (χ2v) is 6.99. The number of carbonyl (C=O) groups excluding carboxylic acids is 3. The predicted octanol–water partition coefficient (Wildman–Crippen LogP) is 3.93. The Kier molecular flexibility index (Phi) is 6.34. The van der Waals surface area contributed by atoms with Gasteiger partial charge in [-0.1, -0.05) is 48.9 Å². The summed E-state index contributed by atoms with van der Waals surface area (Å²) in [5.74, 6) is -3.77. The molecule has 152 valence electrons. The normalized spacial score (nSPS) is 16.5. The third-order valence-electron chi connectivity index (χ3n) is 4.85. The number of carbonyl (C=O) groups is 3. The molecule has 0 aliphatic carbocycles. The number of nitrogens with zero attached hydrogens (tertiary/aromatic N) is 2. The van der Waals surface area contributed by atoms with Crippen molar-refractivity contribution >= 4 is 40.6 Å². The van der Waals surface area contributed by atoms with Gasteiger partial charge in [0.05, 0.1) is 12.3 Å². The number of imide groups is 1. The van der Waals surface area contributed by atoms with Crippen LogP contribution >= 0.6 is 11.6 Å². The van der Waals surface area contributed by atoms with E-state index in [1.54, 1.807) is 55.5 Å². The first-order chi connectivity index (χ1) is 14.4. The molecular weight excluding hydrogens is 404 g/mol. The first-order valence-corrected chi connectivity index (χ1v) is 9.85. The summed E-state index contributed by atoms with van der Waals surface area (Å²) in [6, 6.07) is 15.1. The number of nitriles is 1. The molecule has 1 aliphatic heterocycles. The Balaban J connectivity index is 2.27. The highest BCUT2D eigenvalue weighted by Crippen LogP contribution is 2.38. The first-order valence-electron chi connectivity index (χ1n) is 9.47.